The molecule has 1 aromatic carbocycles. The van der Waals surface area contributed by atoms with E-state index in [9.17, 15) is 10.1 Å². The molecule has 5 heteroatoms. The van der Waals surface area contributed by atoms with E-state index in [0.29, 0.717) is 12.6 Å². The van der Waals surface area contributed by atoms with Crippen molar-refractivity contribution >= 4 is 5.69 Å². The minimum absolute atomic E-state index is 0.0157. The Balaban J connectivity index is 2.09. The molecule has 0 aliphatic carbocycles. The minimum Gasteiger partial charge on any atom is -0.371 e. The molecular formula is C13H18N2O3. The van der Waals surface area contributed by atoms with E-state index in [2.05, 4.69) is 18.7 Å². The van der Waals surface area contributed by atoms with Crippen molar-refractivity contribution in [2.75, 3.05) is 19.7 Å². The van der Waals surface area contributed by atoms with Gasteiger partial charge in [-0.15, -0.1) is 0 Å². The lowest BCUT2D eigenvalue weighted by Crippen LogP contribution is -2.42. The highest BCUT2D eigenvalue weighted by Gasteiger charge is 2.23. The lowest BCUT2D eigenvalue weighted by Gasteiger charge is -2.35. The molecule has 1 atom stereocenters. The number of benzene rings is 1. The van der Waals surface area contributed by atoms with Crippen molar-refractivity contribution in [1.82, 2.24) is 4.90 Å². The number of nitrogens with zero attached hydrogens (tertiary/aromatic N) is 2. The zero-order valence-electron chi connectivity index (χ0n) is 10.7. The standard InChI is InChI=1S/C13H18N2O3/c1-10(2)14-7-8-18-13(9-14)11-3-5-12(6-4-11)15(16)17/h3-6,10,13H,7-9H2,1-2H3/t13-/m0/s1. The van der Waals surface area contributed by atoms with Gasteiger partial charge in [-0.05, 0) is 31.5 Å². The molecule has 0 aromatic heterocycles. The molecule has 5 nitrogen and oxygen atoms in total. The maximum absolute atomic E-state index is 10.6. The maximum Gasteiger partial charge on any atom is 0.269 e. The highest BCUT2D eigenvalue weighted by atomic mass is 16.6. The summed E-state index contributed by atoms with van der Waals surface area (Å²) < 4.78 is 5.73. The summed E-state index contributed by atoms with van der Waals surface area (Å²) in [6.07, 6.45) is 0.0157. The van der Waals surface area contributed by atoms with Gasteiger partial charge in [0.1, 0.15) is 0 Å². The largest absolute Gasteiger partial charge is 0.371 e. The molecule has 1 aliphatic rings. The van der Waals surface area contributed by atoms with E-state index in [1.54, 1.807) is 12.1 Å². The van der Waals surface area contributed by atoms with Crippen LogP contribution >= 0.6 is 0 Å². The average Bonchev–Trinajstić information content (AvgIpc) is 2.39. The number of nitro benzene ring substituents is 1. The number of rotatable bonds is 3. The molecule has 0 unspecified atom stereocenters. The normalized spacial score (nSPS) is 21.2. The fourth-order valence-corrected chi connectivity index (χ4v) is 2.15. The van der Waals surface area contributed by atoms with Crippen LogP contribution in [-0.4, -0.2) is 35.6 Å². The van der Waals surface area contributed by atoms with Crippen LogP contribution in [0.2, 0.25) is 0 Å². The first kappa shape index (κ1) is 13.0. The van der Waals surface area contributed by atoms with Crippen LogP contribution in [0.15, 0.2) is 24.3 Å². The van der Waals surface area contributed by atoms with E-state index in [-0.39, 0.29) is 16.7 Å². The summed E-state index contributed by atoms with van der Waals surface area (Å²) in [7, 11) is 0. The van der Waals surface area contributed by atoms with Gasteiger partial charge in [-0.1, -0.05) is 0 Å². The molecule has 0 radical (unpaired) electrons. The molecule has 1 aliphatic heterocycles. The van der Waals surface area contributed by atoms with Gasteiger partial charge in [0.15, 0.2) is 0 Å². The van der Waals surface area contributed by atoms with Crippen LogP contribution in [0, 0.1) is 10.1 Å². The summed E-state index contributed by atoms with van der Waals surface area (Å²) in [5.41, 5.74) is 1.13. The number of hydrogen-bond donors (Lipinski definition) is 0. The Hall–Kier alpha value is -1.46. The molecule has 0 bridgehead atoms. The average molecular weight is 250 g/mol. The molecule has 0 amide bonds. The molecule has 0 spiro atoms. The molecule has 18 heavy (non-hydrogen) atoms. The quantitative estimate of drug-likeness (QED) is 0.610. The molecular weight excluding hydrogens is 232 g/mol. The first-order valence-electron chi connectivity index (χ1n) is 6.18. The predicted octanol–water partition coefficient (Wildman–Crippen LogP) is 2.38. The Morgan fingerprint density at radius 3 is 2.61 bits per heavy atom. The predicted molar refractivity (Wildman–Crippen MR) is 68.5 cm³/mol. The highest BCUT2D eigenvalue weighted by molar-refractivity contribution is 5.34. The van der Waals surface area contributed by atoms with Crippen molar-refractivity contribution in [3.05, 3.63) is 39.9 Å². The van der Waals surface area contributed by atoms with Gasteiger partial charge in [0.25, 0.3) is 5.69 Å². The van der Waals surface area contributed by atoms with Gasteiger partial charge in [0, 0.05) is 31.3 Å². The van der Waals surface area contributed by atoms with Crippen molar-refractivity contribution in [3.8, 4) is 0 Å². The van der Waals surface area contributed by atoms with Crippen molar-refractivity contribution in [2.24, 2.45) is 0 Å². The van der Waals surface area contributed by atoms with E-state index in [1.165, 1.54) is 12.1 Å². The van der Waals surface area contributed by atoms with Crippen LogP contribution in [0.3, 0.4) is 0 Å². The molecule has 1 heterocycles. The van der Waals surface area contributed by atoms with Gasteiger partial charge in [-0.3, -0.25) is 15.0 Å². The monoisotopic (exact) mass is 250 g/mol. The van der Waals surface area contributed by atoms with E-state index < -0.39 is 0 Å². The first-order chi connectivity index (χ1) is 8.58. The Morgan fingerprint density at radius 1 is 1.39 bits per heavy atom. The Bertz CT molecular complexity index is 417. The Labute approximate surface area is 107 Å². The summed E-state index contributed by atoms with van der Waals surface area (Å²) in [5, 5.41) is 10.6. The van der Waals surface area contributed by atoms with E-state index in [1.807, 2.05) is 0 Å². The summed E-state index contributed by atoms with van der Waals surface area (Å²) in [4.78, 5) is 12.6. The molecule has 1 fully saturated rings. The maximum atomic E-state index is 10.6. The smallest absolute Gasteiger partial charge is 0.269 e. The summed E-state index contributed by atoms with van der Waals surface area (Å²) >= 11 is 0. The minimum atomic E-state index is -0.383. The molecule has 0 N–H and O–H groups in total. The van der Waals surface area contributed by atoms with E-state index in [4.69, 9.17) is 4.74 Å². The number of hydrogen-bond acceptors (Lipinski definition) is 4. The van der Waals surface area contributed by atoms with Crippen LogP contribution in [-0.2, 0) is 4.74 Å². The van der Waals surface area contributed by atoms with Crippen molar-refractivity contribution < 1.29 is 9.66 Å². The first-order valence-corrected chi connectivity index (χ1v) is 6.18. The van der Waals surface area contributed by atoms with Gasteiger partial charge in [0.2, 0.25) is 0 Å². The highest BCUT2D eigenvalue weighted by Crippen LogP contribution is 2.25. The molecule has 0 saturated carbocycles. The van der Waals surface area contributed by atoms with Gasteiger partial charge < -0.3 is 4.74 Å². The third kappa shape index (κ3) is 2.86. The molecule has 98 valence electrons. The van der Waals surface area contributed by atoms with Crippen LogP contribution in [0.1, 0.15) is 25.5 Å². The van der Waals surface area contributed by atoms with Crippen LogP contribution < -0.4 is 0 Å². The lowest BCUT2D eigenvalue weighted by atomic mass is 10.1. The van der Waals surface area contributed by atoms with E-state index in [0.717, 1.165) is 18.7 Å². The summed E-state index contributed by atoms with van der Waals surface area (Å²) in [6, 6.07) is 7.13. The number of non-ortho nitro benzene ring substituents is 1. The van der Waals surface area contributed by atoms with Gasteiger partial charge in [0.05, 0.1) is 17.6 Å². The van der Waals surface area contributed by atoms with E-state index >= 15 is 0 Å². The summed E-state index contributed by atoms with van der Waals surface area (Å²) in [5.74, 6) is 0. The van der Waals surface area contributed by atoms with Crippen molar-refractivity contribution in [2.45, 2.75) is 26.0 Å². The summed E-state index contributed by atoms with van der Waals surface area (Å²) in [6.45, 7) is 6.83. The molecule has 1 aromatic rings. The zero-order valence-corrected chi connectivity index (χ0v) is 10.7. The number of morpholine rings is 1. The second-order valence-electron chi connectivity index (χ2n) is 4.80. The lowest BCUT2D eigenvalue weighted by molar-refractivity contribution is -0.384. The van der Waals surface area contributed by atoms with Gasteiger partial charge in [-0.25, -0.2) is 0 Å². The third-order valence-electron chi connectivity index (χ3n) is 3.30. The van der Waals surface area contributed by atoms with Crippen LogP contribution in [0.5, 0.6) is 0 Å². The molecule has 2 rings (SSSR count). The third-order valence-corrected chi connectivity index (χ3v) is 3.30. The van der Waals surface area contributed by atoms with Crippen LogP contribution in [0.25, 0.3) is 0 Å². The number of ether oxygens (including phenoxy) is 1. The fraction of sp³-hybridized carbons (Fsp3) is 0.538. The Kier molecular flexibility index (Phi) is 3.93. The second kappa shape index (κ2) is 5.46. The van der Waals surface area contributed by atoms with Crippen molar-refractivity contribution in [3.63, 3.8) is 0 Å². The Morgan fingerprint density at radius 2 is 2.06 bits per heavy atom. The van der Waals surface area contributed by atoms with Crippen molar-refractivity contribution in [1.29, 1.82) is 0 Å². The van der Waals surface area contributed by atoms with Gasteiger partial charge >= 0.3 is 0 Å². The second-order valence-corrected chi connectivity index (χ2v) is 4.80. The van der Waals surface area contributed by atoms with Crippen LogP contribution in [0.4, 0.5) is 5.69 Å². The van der Waals surface area contributed by atoms with Gasteiger partial charge in [-0.2, -0.15) is 0 Å². The zero-order chi connectivity index (χ0) is 13.1. The topological polar surface area (TPSA) is 55.6 Å². The number of nitro groups is 1. The fourth-order valence-electron chi connectivity index (χ4n) is 2.15. The SMILES string of the molecule is CC(C)N1CCO[C@H](c2ccc([N+](=O)[O-])cc2)C1. The molecule has 1 saturated heterocycles.